The summed E-state index contributed by atoms with van der Waals surface area (Å²) < 4.78 is 0. The lowest BCUT2D eigenvalue weighted by molar-refractivity contribution is 0.803. The van der Waals surface area contributed by atoms with Crippen LogP contribution in [0.4, 0.5) is 5.69 Å². The minimum atomic E-state index is 0.723. The smallest absolute Gasteiger partial charge is 0.0525 e. The van der Waals surface area contributed by atoms with Crippen LogP contribution in [-0.2, 0) is 13.0 Å². The molecule has 2 N–H and O–H groups in total. The van der Waals surface area contributed by atoms with Crippen molar-refractivity contribution in [2.45, 2.75) is 31.8 Å². The molecule has 19 heavy (non-hydrogen) atoms. The summed E-state index contributed by atoms with van der Waals surface area (Å²) in [6.07, 6.45) is 3.63. The van der Waals surface area contributed by atoms with E-state index in [1.807, 2.05) is 11.3 Å². The van der Waals surface area contributed by atoms with Gasteiger partial charge < -0.3 is 10.6 Å². The molecule has 0 amide bonds. The van der Waals surface area contributed by atoms with Gasteiger partial charge in [-0.05, 0) is 54.9 Å². The van der Waals surface area contributed by atoms with Crippen molar-refractivity contribution in [2.75, 3.05) is 11.4 Å². The predicted octanol–water partition coefficient (Wildman–Crippen LogP) is 3.42. The van der Waals surface area contributed by atoms with Crippen molar-refractivity contribution in [2.24, 2.45) is 5.73 Å². The van der Waals surface area contributed by atoms with Gasteiger partial charge in [0.2, 0.25) is 0 Å². The molecule has 2 aromatic rings. The summed E-state index contributed by atoms with van der Waals surface area (Å²) in [4.78, 5) is 3.98. The first kappa shape index (κ1) is 12.7. The summed E-state index contributed by atoms with van der Waals surface area (Å²) in [6.45, 7) is 1.76. The van der Waals surface area contributed by atoms with Gasteiger partial charge in [-0.15, -0.1) is 11.3 Å². The molecule has 0 spiro atoms. The van der Waals surface area contributed by atoms with Gasteiger partial charge in [-0.25, -0.2) is 0 Å². The van der Waals surface area contributed by atoms with Crippen molar-refractivity contribution >= 4 is 17.0 Å². The molecule has 0 saturated heterocycles. The maximum atomic E-state index is 5.60. The fourth-order valence-electron chi connectivity index (χ4n) is 2.41. The van der Waals surface area contributed by atoms with Crippen LogP contribution in [0.5, 0.6) is 0 Å². The Balaban J connectivity index is 1.76. The summed E-state index contributed by atoms with van der Waals surface area (Å²) in [6, 6.07) is 14.0. The fraction of sp³-hybridized carbons (Fsp3) is 0.375. The highest BCUT2D eigenvalue weighted by Crippen LogP contribution is 2.33. The molecule has 3 heteroatoms. The van der Waals surface area contributed by atoms with E-state index in [1.54, 1.807) is 0 Å². The highest BCUT2D eigenvalue weighted by Gasteiger charge is 2.29. The number of hydrogen-bond acceptors (Lipinski definition) is 3. The van der Waals surface area contributed by atoms with Crippen LogP contribution in [0.15, 0.2) is 41.8 Å². The lowest BCUT2D eigenvalue weighted by Gasteiger charge is -2.24. The maximum Gasteiger partial charge on any atom is 0.0525 e. The van der Waals surface area contributed by atoms with E-state index in [-0.39, 0.29) is 0 Å². The van der Waals surface area contributed by atoms with Crippen molar-refractivity contribution in [1.29, 1.82) is 0 Å². The van der Waals surface area contributed by atoms with Crippen LogP contribution in [0, 0.1) is 0 Å². The van der Waals surface area contributed by atoms with Crippen LogP contribution in [0.2, 0.25) is 0 Å². The van der Waals surface area contributed by atoms with Gasteiger partial charge in [0.25, 0.3) is 0 Å². The number of anilines is 1. The van der Waals surface area contributed by atoms with Crippen LogP contribution < -0.4 is 10.6 Å². The molecule has 1 heterocycles. The second-order valence-corrected chi connectivity index (χ2v) is 6.18. The zero-order valence-corrected chi connectivity index (χ0v) is 11.9. The molecule has 1 saturated carbocycles. The fourth-order valence-corrected chi connectivity index (χ4v) is 3.11. The summed E-state index contributed by atoms with van der Waals surface area (Å²) in [5.74, 6) is 0. The van der Waals surface area contributed by atoms with E-state index in [0.717, 1.165) is 25.6 Å². The molecular formula is C16H20N2S. The van der Waals surface area contributed by atoms with Crippen LogP contribution in [0.3, 0.4) is 0 Å². The standard InChI is InChI=1S/C16H20N2S/c17-10-9-13-3-5-14(6-4-13)18(15-7-8-15)12-16-2-1-11-19-16/h1-6,11,15H,7-10,12,17H2. The Morgan fingerprint density at radius 2 is 1.95 bits per heavy atom. The van der Waals surface area contributed by atoms with E-state index in [0.29, 0.717) is 0 Å². The van der Waals surface area contributed by atoms with Gasteiger partial charge in [-0.2, -0.15) is 0 Å². The van der Waals surface area contributed by atoms with E-state index in [1.165, 1.54) is 29.0 Å². The topological polar surface area (TPSA) is 29.3 Å². The normalized spacial score (nSPS) is 14.6. The number of hydrogen-bond donors (Lipinski definition) is 1. The van der Waals surface area contributed by atoms with Crippen molar-refractivity contribution in [1.82, 2.24) is 0 Å². The zero-order chi connectivity index (χ0) is 13.1. The number of nitrogens with zero attached hydrogens (tertiary/aromatic N) is 1. The second kappa shape index (κ2) is 5.76. The van der Waals surface area contributed by atoms with Gasteiger partial charge in [0.15, 0.2) is 0 Å². The van der Waals surface area contributed by atoms with Crippen molar-refractivity contribution in [3.8, 4) is 0 Å². The van der Waals surface area contributed by atoms with Crippen LogP contribution in [0.25, 0.3) is 0 Å². The first-order chi connectivity index (χ1) is 9.36. The average Bonchev–Trinajstić information content (AvgIpc) is 3.15. The predicted molar refractivity (Wildman–Crippen MR) is 82.7 cm³/mol. The lowest BCUT2D eigenvalue weighted by atomic mass is 10.1. The second-order valence-electron chi connectivity index (χ2n) is 5.14. The van der Waals surface area contributed by atoms with Crippen LogP contribution in [-0.4, -0.2) is 12.6 Å². The first-order valence-corrected chi connectivity index (χ1v) is 7.83. The lowest BCUT2D eigenvalue weighted by Crippen LogP contribution is -2.24. The Labute approximate surface area is 118 Å². The number of rotatable bonds is 6. The number of nitrogens with two attached hydrogens (primary N) is 1. The highest BCUT2D eigenvalue weighted by molar-refractivity contribution is 7.09. The minimum Gasteiger partial charge on any atom is -0.363 e. The van der Waals surface area contributed by atoms with Gasteiger partial charge in [0, 0.05) is 16.6 Å². The molecule has 1 aliphatic rings. The van der Waals surface area contributed by atoms with Gasteiger partial charge in [0.1, 0.15) is 0 Å². The van der Waals surface area contributed by atoms with Gasteiger partial charge in [-0.3, -0.25) is 0 Å². The van der Waals surface area contributed by atoms with E-state index in [4.69, 9.17) is 5.73 Å². The minimum absolute atomic E-state index is 0.723. The molecule has 1 aliphatic carbocycles. The third kappa shape index (κ3) is 3.17. The van der Waals surface area contributed by atoms with Crippen molar-refractivity contribution < 1.29 is 0 Å². The summed E-state index contributed by atoms with van der Waals surface area (Å²) in [5, 5.41) is 2.16. The molecule has 0 aliphatic heterocycles. The maximum absolute atomic E-state index is 5.60. The van der Waals surface area contributed by atoms with Crippen molar-refractivity contribution in [3.05, 3.63) is 52.2 Å². The van der Waals surface area contributed by atoms with Crippen LogP contribution >= 0.6 is 11.3 Å². The molecular weight excluding hydrogens is 252 g/mol. The van der Waals surface area contributed by atoms with Crippen molar-refractivity contribution in [3.63, 3.8) is 0 Å². The average molecular weight is 272 g/mol. The summed E-state index contributed by atoms with van der Waals surface area (Å²) in [5.41, 5.74) is 8.27. The molecule has 1 fully saturated rings. The molecule has 100 valence electrons. The Morgan fingerprint density at radius 3 is 2.53 bits per heavy atom. The molecule has 0 unspecified atom stereocenters. The van der Waals surface area contributed by atoms with E-state index in [2.05, 4.69) is 46.7 Å². The van der Waals surface area contributed by atoms with E-state index < -0.39 is 0 Å². The Morgan fingerprint density at radius 1 is 1.16 bits per heavy atom. The van der Waals surface area contributed by atoms with E-state index >= 15 is 0 Å². The molecule has 0 radical (unpaired) electrons. The Kier molecular flexibility index (Phi) is 3.85. The monoisotopic (exact) mass is 272 g/mol. The third-order valence-electron chi connectivity index (χ3n) is 3.59. The molecule has 3 rings (SSSR count). The number of thiophene rings is 1. The quantitative estimate of drug-likeness (QED) is 0.873. The summed E-state index contributed by atoms with van der Waals surface area (Å²) in [7, 11) is 0. The van der Waals surface area contributed by atoms with E-state index in [9.17, 15) is 0 Å². The first-order valence-electron chi connectivity index (χ1n) is 6.95. The largest absolute Gasteiger partial charge is 0.363 e. The van der Waals surface area contributed by atoms with Gasteiger partial charge >= 0.3 is 0 Å². The van der Waals surface area contributed by atoms with Crippen LogP contribution in [0.1, 0.15) is 23.3 Å². The molecule has 1 aromatic heterocycles. The SMILES string of the molecule is NCCc1ccc(N(Cc2cccs2)C2CC2)cc1. The molecule has 1 aromatic carbocycles. The molecule has 0 bridgehead atoms. The molecule has 2 nitrogen and oxygen atoms in total. The number of benzene rings is 1. The third-order valence-corrected chi connectivity index (χ3v) is 4.46. The van der Waals surface area contributed by atoms with Gasteiger partial charge in [0.05, 0.1) is 6.54 Å². The Hall–Kier alpha value is -1.32. The zero-order valence-electron chi connectivity index (χ0n) is 11.1. The highest BCUT2D eigenvalue weighted by atomic mass is 32.1. The molecule has 0 atom stereocenters. The summed E-state index contributed by atoms with van der Waals surface area (Å²) >= 11 is 1.84. The Bertz CT molecular complexity index is 500. The van der Waals surface area contributed by atoms with Gasteiger partial charge in [-0.1, -0.05) is 18.2 Å².